The number of rotatable bonds is 3. The van der Waals surface area contributed by atoms with Crippen LogP contribution < -0.4 is 5.73 Å². The van der Waals surface area contributed by atoms with Gasteiger partial charge in [-0.1, -0.05) is 51.1 Å². The first-order valence-corrected chi connectivity index (χ1v) is 6.61. The third-order valence-corrected chi connectivity index (χ3v) is 3.28. The normalized spacial score (nSPS) is 13.5. The van der Waals surface area contributed by atoms with Gasteiger partial charge in [-0.15, -0.1) is 0 Å². The summed E-state index contributed by atoms with van der Waals surface area (Å²) < 4.78 is 5.37. The van der Waals surface area contributed by atoms with E-state index in [1.165, 1.54) is 5.56 Å². The molecule has 1 aromatic carbocycles. The Labute approximate surface area is 114 Å². The number of hydrogen-bond acceptors (Lipinski definition) is 4. The largest absolute Gasteiger partial charge is 0.334 e. The number of aryl methyl sites for hydroxylation is 1. The van der Waals surface area contributed by atoms with Crippen LogP contribution in [0, 0.1) is 5.41 Å². The Morgan fingerprint density at radius 2 is 1.95 bits per heavy atom. The zero-order valence-electron chi connectivity index (χ0n) is 12.0. The average molecular weight is 259 g/mol. The maximum absolute atomic E-state index is 6.15. The van der Waals surface area contributed by atoms with E-state index in [1.807, 2.05) is 18.2 Å². The van der Waals surface area contributed by atoms with Gasteiger partial charge in [-0.05, 0) is 23.5 Å². The zero-order chi connectivity index (χ0) is 14.0. The maximum atomic E-state index is 6.15. The van der Waals surface area contributed by atoms with Gasteiger partial charge < -0.3 is 10.3 Å². The molecular formula is C15H21N3O. The quantitative estimate of drug-likeness (QED) is 0.918. The fraction of sp³-hybridized carbons (Fsp3) is 0.467. The van der Waals surface area contributed by atoms with Crippen molar-refractivity contribution in [2.45, 2.75) is 40.2 Å². The van der Waals surface area contributed by atoms with Gasteiger partial charge in [0.15, 0.2) is 5.82 Å². The third kappa shape index (κ3) is 2.84. The highest BCUT2D eigenvalue weighted by Gasteiger charge is 2.27. The molecule has 0 saturated carbocycles. The summed E-state index contributed by atoms with van der Waals surface area (Å²) in [5.41, 5.74) is 8.24. The topological polar surface area (TPSA) is 64.9 Å². The lowest BCUT2D eigenvalue weighted by Crippen LogP contribution is -2.27. The summed E-state index contributed by atoms with van der Waals surface area (Å²) in [6.07, 6.45) is 0.930. The molecular weight excluding hydrogens is 238 g/mol. The molecule has 0 bridgehead atoms. The number of nitrogens with two attached hydrogens (primary N) is 1. The fourth-order valence-corrected chi connectivity index (χ4v) is 1.90. The maximum Gasteiger partial charge on any atom is 0.258 e. The van der Waals surface area contributed by atoms with Crippen molar-refractivity contribution in [2.24, 2.45) is 11.1 Å². The minimum Gasteiger partial charge on any atom is -0.334 e. The molecule has 0 aliphatic heterocycles. The van der Waals surface area contributed by atoms with Crippen LogP contribution in [0.2, 0.25) is 0 Å². The fourth-order valence-electron chi connectivity index (χ4n) is 1.90. The van der Waals surface area contributed by atoms with E-state index in [0.717, 1.165) is 12.0 Å². The molecule has 0 saturated heterocycles. The SMILES string of the molecule is CCc1ccccc1-c1nc(C(N)C(C)(C)C)no1. The zero-order valence-corrected chi connectivity index (χ0v) is 12.0. The molecule has 4 heteroatoms. The van der Waals surface area contributed by atoms with Crippen LogP contribution in [0.4, 0.5) is 0 Å². The van der Waals surface area contributed by atoms with Crippen molar-refractivity contribution in [1.29, 1.82) is 0 Å². The van der Waals surface area contributed by atoms with Gasteiger partial charge in [0.05, 0.1) is 6.04 Å². The summed E-state index contributed by atoms with van der Waals surface area (Å²) in [6.45, 7) is 8.30. The summed E-state index contributed by atoms with van der Waals surface area (Å²) in [5.74, 6) is 1.11. The summed E-state index contributed by atoms with van der Waals surface area (Å²) in [5, 5.41) is 4.02. The van der Waals surface area contributed by atoms with Gasteiger partial charge >= 0.3 is 0 Å². The van der Waals surface area contributed by atoms with E-state index < -0.39 is 0 Å². The Morgan fingerprint density at radius 3 is 2.58 bits per heavy atom. The van der Waals surface area contributed by atoms with Crippen molar-refractivity contribution in [3.8, 4) is 11.5 Å². The van der Waals surface area contributed by atoms with E-state index in [4.69, 9.17) is 10.3 Å². The molecule has 2 aromatic rings. The van der Waals surface area contributed by atoms with Crippen LogP contribution in [0.3, 0.4) is 0 Å². The van der Waals surface area contributed by atoms with Crippen LogP contribution in [0.25, 0.3) is 11.5 Å². The van der Waals surface area contributed by atoms with Crippen molar-refractivity contribution in [3.63, 3.8) is 0 Å². The molecule has 2 rings (SSSR count). The predicted octanol–water partition coefficient (Wildman–Crippen LogP) is 3.34. The molecule has 2 N–H and O–H groups in total. The minimum atomic E-state index is -0.237. The van der Waals surface area contributed by atoms with E-state index in [0.29, 0.717) is 11.7 Å². The van der Waals surface area contributed by atoms with Crippen LogP contribution in [-0.2, 0) is 6.42 Å². The molecule has 1 heterocycles. The third-order valence-electron chi connectivity index (χ3n) is 3.28. The molecule has 4 nitrogen and oxygen atoms in total. The van der Waals surface area contributed by atoms with E-state index in [9.17, 15) is 0 Å². The molecule has 0 aliphatic carbocycles. The summed E-state index contributed by atoms with van der Waals surface area (Å²) >= 11 is 0. The van der Waals surface area contributed by atoms with Gasteiger partial charge in [-0.2, -0.15) is 4.98 Å². The highest BCUT2D eigenvalue weighted by molar-refractivity contribution is 5.58. The van der Waals surface area contributed by atoms with Crippen LogP contribution >= 0.6 is 0 Å². The van der Waals surface area contributed by atoms with Gasteiger partial charge in [0.1, 0.15) is 0 Å². The molecule has 0 fully saturated rings. The molecule has 0 radical (unpaired) electrons. The molecule has 102 valence electrons. The predicted molar refractivity (Wildman–Crippen MR) is 75.5 cm³/mol. The lowest BCUT2D eigenvalue weighted by molar-refractivity contribution is 0.303. The molecule has 1 aromatic heterocycles. The van der Waals surface area contributed by atoms with Crippen LogP contribution in [-0.4, -0.2) is 10.1 Å². The van der Waals surface area contributed by atoms with Crippen molar-refractivity contribution >= 4 is 0 Å². The standard InChI is InChI=1S/C15H21N3O/c1-5-10-8-6-7-9-11(10)14-17-13(18-19-14)12(16)15(2,3)4/h6-9,12H,5,16H2,1-4H3. The van der Waals surface area contributed by atoms with Crippen molar-refractivity contribution in [2.75, 3.05) is 0 Å². The lowest BCUT2D eigenvalue weighted by atomic mass is 9.87. The van der Waals surface area contributed by atoms with E-state index in [1.54, 1.807) is 0 Å². The highest BCUT2D eigenvalue weighted by atomic mass is 16.5. The van der Waals surface area contributed by atoms with Gasteiger partial charge in [0, 0.05) is 5.56 Å². The first kappa shape index (κ1) is 13.7. The second kappa shape index (κ2) is 5.13. The molecule has 0 spiro atoms. The summed E-state index contributed by atoms with van der Waals surface area (Å²) in [7, 11) is 0. The Balaban J connectivity index is 2.36. The van der Waals surface area contributed by atoms with Gasteiger partial charge in [-0.3, -0.25) is 0 Å². The smallest absolute Gasteiger partial charge is 0.258 e. The average Bonchev–Trinajstić information content (AvgIpc) is 2.86. The first-order valence-electron chi connectivity index (χ1n) is 6.61. The second-order valence-electron chi connectivity index (χ2n) is 5.81. The van der Waals surface area contributed by atoms with Gasteiger partial charge in [0.2, 0.25) is 0 Å². The number of nitrogens with zero attached hydrogens (tertiary/aromatic N) is 2. The number of hydrogen-bond donors (Lipinski definition) is 1. The van der Waals surface area contributed by atoms with Crippen molar-refractivity contribution in [1.82, 2.24) is 10.1 Å². The van der Waals surface area contributed by atoms with E-state index in [2.05, 4.69) is 43.9 Å². The number of benzene rings is 1. The monoisotopic (exact) mass is 259 g/mol. The van der Waals surface area contributed by atoms with Crippen LogP contribution in [0.1, 0.15) is 45.1 Å². The van der Waals surface area contributed by atoms with Gasteiger partial charge in [0.25, 0.3) is 5.89 Å². The Bertz CT molecular complexity index is 555. The second-order valence-corrected chi connectivity index (χ2v) is 5.81. The molecule has 19 heavy (non-hydrogen) atoms. The Kier molecular flexibility index (Phi) is 3.71. The van der Waals surface area contributed by atoms with E-state index in [-0.39, 0.29) is 11.5 Å². The van der Waals surface area contributed by atoms with Crippen molar-refractivity contribution in [3.05, 3.63) is 35.7 Å². The summed E-state index contributed by atoms with van der Waals surface area (Å²) in [4.78, 5) is 4.45. The van der Waals surface area contributed by atoms with Gasteiger partial charge in [-0.25, -0.2) is 0 Å². The lowest BCUT2D eigenvalue weighted by Gasteiger charge is -2.23. The molecule has 0 aliphatic rings. The number of aromatic nitrogens is 2. The molecule has 1 atom stereocenters. The first-order chi connectivity index (χ1) is 8.93. The summed E-state index contributed by atoms with van der Waals surface area (Å²) in [6, 6.07) is 7.82. The van der Waals surface area contributed by atoms with E-state index >= 15 is 0 Å². The minimum absolute atomic E-state index is 0.0918. The Hall–Kier alpha value is -1.68. The highest BCUT2D eigenvalue weighted by Crippen LogP contribution is 2.30. The molecule has 1 unspecified atom stereocenters. The molecule has 0 amide bonds. The van der Waals surface area contributed by atoms with Crippen LogP contribution in [0.5, 0.6) is 0 Å². The van der Waals surface area contributed by atoms with Crippen LogP contribution in [0.15, 0.2) is 28.8 Å². The van der Waals surface area contributed by atoms with Crippen molar-refractivity contribution < 1.29 is 4.52 Å². The Morgan fingerprint density at radius 1 is 1.26 bits per heavy atom.